The lowest BCUT2D eigenvalue weighted by Crippen LogP contribution is -1.97. The fourth-order valence-electron chi connectivity index (χ4n) is 3.68. The van der Waals surface area contributed by atoms with Gasteiger partial charge >= 0.3 is 0 Å². The van der Waals surface area contributed by atoms with Crippen molar-refractivity contribution >= 4 is 43.8 Å². The van der Waals surface area contributed by atoms with Gasteiger partial charge in [-0.05, 0) is 54.4 Å². The molecule has 0 unspecified atom stereocenters. The Morgan fingerprint density at radius 1 is 1.13 bits per heavy atom. The summed E-state index contributed by atoms with van der Waals surface area (Å²) < 4.78 is 5.36. The topological polar surface area (TPSA) is 73.7 Å². The second-order valence-corrected chi connectivity index (χ2v) is 8.05. The number of benzene rings is 2. The molecule has 3 heterocycles. The van der Waals surface area contributed by atoms with Crippen molar-refractivity contribution in [3.05, 3.63) is 72.1 Å². The van der Waals surface area contributed by atoms with Gasteiger partial charge in [-0.1, -0.05) is 12.1 Å². The van der Waals surface area contributed by atoms with Crippen LogP contribution in [0.15, 0.2) is 60.9 Å². The van der Waals surface area contributed by atoms with Gasteiger partial charge in [-0.3, -0.25) is 0 Å². The van der Waals surface area contributed by atoms with Crippen LogP contribution in [-0.2, 0) is 0 Å². The van der Waals surface area contributed by atoms with Gasteiger partial charge in [0.1, 0.15) is 16.6 Å². The maximum absolute atomic E-state index is 9.71. The van der Waals surface area contributed by atoms with E-state index in [-0.39, 0.29) is 0 Å². The highest BCUT2D eigenvalue weighted by atomic mass is 32.1. The van der Waals surface area contributed by atoms with E-state index in [1.54, 1.807) is 24.6 Å². The average molecular weight is 411 g/mol. The number of anilines is 2. The van der Waals surface area contributed by atoms with Gasteiger partial charge in [0.15, 0.2) is 0 Å². The first kappa shape index (κ1) is 18.2. The number of nitrogens with zero attached hydrogens (tertiary/aromatic N) is 2. The molecule has 0 atom stereocenters. The molecule has 0 aliphatic carbocycles. The number of hydrogen-bond acceptors (Lipinski definition) is 5. The Morgan fingerprint density at radius 2 is 2.03 bits per heavy atom. The minimum absolute atomic E-state index is 0.519. The Bertz CT molecular complexity index is 1440. The summed E-state index contributed by atoms with van der Waals surface area (Å²) in [6, 6.07) is 18.5. The van der Waals surface area contributed by atoms with Crippen molar-refractivity contribution < 1.29 is 4.74 Å². The third-order valence-corrected chi connectivity index (χ3v) is 6.39. The number of thiophene rings is 1. The van der Waals surface area contributed by atoms with Crippen LogP contribution in [0.5, 0.6) is 5.75 Å². The lowest BCUT2D eigenvalue weighted by Gasteiger charge is -2.12. The average Bonchev–Trinajstić information content (AvgIpc) is 3.43. The van der Waals surface area contributed by atoms with E-state index in [9.17, 15) is 5.26 Å². The van der Waals surface area contributed by atoms with Crippen LogP contribution in [0.1, 0.15) is 11.1 Å². The predicted octanol–water partition coefficient (Wildman–Crippen LogP) is 6.38. The van der Waals surface area contributed by atoms with Crippen molar-refractivity contribution in [3.8, 4) is 22.3 Å². The number of aromatic amines is 1. The number of aryl methyl sites for hydroxylation is 1. The van der Waals surface area contributed by atoms with Crippen LogP contribution >= 0.6 is 11.3 Å². The van der Waals surface area contributed by atoms with Gasteiger partial charge in [-0.15, -0.1) is 11.3 Å². The van der Waals surface area contributed by atoms with E-state index in [2.05, 4.69) is 46.5 Å². The van der Waals surface area contributed by atoms with Crippen LogP contribution < -0.4 is 10.1 Å². The minimum Gasteiger partial charge on any atom is -0.497 e. The zero-order valence-electron chi connectivity index (χ0n) is 16.5. The van der Waals surface area contributed by atoms with E-state index in [1.165, 1.54) is 0 Å². The Hall–Kier alpha value is -3.82. The first-order chi connectivity index (χ1) is 14.7. The number of H-pyrrole nitrogens is 1. The van der Waals surface area contributed by atoms with E-state index in [4.69, 9.17) is 4.74 Å². The molecule has 0 spiro atoms. The van der Waals surface area contributed by atoms with Gasteiger partial charge in [0, 0.05) is 39.2 Å². The van der Waals surface area contributed by atoms with E-state index in [0.717, 1.165) is 54.2 Å². The molecule has 0 fully saturated rings. The Morgan fingerprint density at radius 3 is 2.87 bits per heavy atom. The fraction of sp³-hybridized carbons (Fsp3) is 0.0833. The maximum Gasteiger partial charge on any atom is 0.126 e. The zero-order chi connectivity index (χ0) is 20.7. The molecule has 146 valence electrons. The lowest BCUT2D eigenvalue weighted by atomic mass is 10.1. The number of hydrogen-bond donors (Lipinski definition) is 2. The lowest BCUT2D eigenvalue weighted by molar-refractivity contribution is 0.415. The number of methoxy groups -OCH3 is 1. The molecule has 2 N–H and O–H groups in total. The van der Waals surface area contributed by atoms with Crippen LogP contribution in [-0.4, -0.2) is 17.1 Å². The molecule has 0 bridgehead atoms. The molecule has 3 aromatic heterocycles. The highest BCUT2D eigenvalue weighted by molar-refractivity contribution is 7.22. The third-order valence-electron chi connectivity index (χ3n) is 5.30. The molecule has 0 saturated carbocycles. The summed E-state index contributed by atoms with van der Waals surface area (Å²) in [5.74, 6) is 0.810. The van der Waals surface area contributed by atoms with Crippen molar-refractivity contribution in [3.63, 3.8) is 0 Å². The SMILES string of the molecule is COc1cccc(-c2cc3c(Nc4ccc5[nH]ccc5c4C)c(C#N)cnc3s2)c1. The van der Waals surface area contributed by atoms with Crippen molar-refractivity contribution in [1.82, 2.24) is 9.97 Å². The van der Waals surface area contributed by atoms with Crippen molar-refractivity contribution in [2.24, 2.45) is 0 Å². The van der Waals surface area contributed by atoms with Crippen molar-refractivity contribution in [2.45, 2.75) is 6.92 Å². The van der Waals surface area contributed by atoms with Crippen LogP contribution in [0.2, 0.25) is 0 Å². The van der Waals surface area contributed by atoms with Crippen LogP contribution in [0, 0.1) is 18.3 Å². The van der Waals surface area contributed by atoms with E-state index in [1.807, 2.05) is 36.5 Å². The molecular formula is C24H18N4OS. The highest BCUT2D eigenvalue weighted by Gasteiger charge is 2.15. The Labute approximate surface area is 177 Å². The monoisotopic (exact) mass is 410 g/mol. The molecule has 0 aliphatic heterocycles. The first-order valence-corrected chi connectivity index (χ1v) is 10.3. The van der Waals surface area contributed by atoms with Gasteiger partial charge in [0.25, 0.3) is 0 Å². The number of rotatable bonds is 4. The molecule has 5 nitrogen and oxygen atoms in total. The smallest absolute Gasteiger partial charge is 0.126 e. The molecule has 0 radical (unpaired) electrons. The predicted molar refractivity (Wildman–Crippen MR) is 123 cm³/mol. The molecule has 5 rings (SSSR count). The Kier molecular flexibility index (Phi) is 4.38. The number of aromatic nitrogens is 2. The maximum atomic E-state index is 9.71. The van der Waals surface area contributed by atoms with Gasteiger partial charge in [0.2, 0.25) is 0 Å². The summed E-state index contributed by atoms with van der Waals surface area (Å²) in [5, 5.41) is 15.3. The largest absolute Gasteiger partial charge is 0.497 e. The molecule has 30 heavy (non-hydrogen) atoms. The summed E-state index contributed by atoms with van der Waals surface area (Å²) in [4.78, 5) is 9.72. The number of nitriles is 1. The van der Waals surface area contributed by atoms with Crippen LogP contribution in [0.4, 0.5) is 11.4 Å². The zero-order valence-corrected chi connectivity index (χ0v) is 17.3. The number of fused-ring (bicyclic) bond motifs is 2. The van der Waals surface area contributed by atoms with Gasteiger partial charge in [-0.25, -0.2) is 4.98 Å². The van der Waals surface area contributed by atoms with Crippen molar-refractivity contribution in [1.29, 1.82) is 5.26 Å². The molecule has 6 heteroatoms. The number of nitrogens with one attached hydrogen (secondary N) is 2. The molecule has 0 aliphatic rings. The van der Waals surface area contributed by atoms with Gasteiger partial charge < -0.3 is 15.0 Å². The summed E-state index contributed by atoms with van der Waals surface area (Å²) in [6.45, 7) is 2.08. The molecule has 0 saturated heterocycles. The van der Waals surface area contributed by atoms with Crippen molar-refractivity contribution in [2.75, 3.05) is 12.4 Å². The van der Waals surface area contributed by atoms with E-state index >= 15 is 0 Å². The van der Waals surface area contributed by atoms with Crippen LogP contribution in [0.25, 0.3) is 31.6 Å². The summed E-state index contributed by atoms with van der Waals surface area (Å²) in [5.41, 5.74) is 5.56. The number of pyridine rings is 1. The standard InChI is InChI=1S/C24H18N4OS/c1-14-18-8-9-26-21(18)7-6-20(14)28-23-16(12-25)13-27-24-19(23)11-22(30-24)15-4-3-5-17(10-15)29-2/h3-11,13,26H,1-2H3,(H,27,28). The van der Waals surface area contributed by atoms with Gasteiger partial charge in [0.05, 0.1) is 18.4 Å². The second kappa shape index (κ2) is 7.21. The summed E-state index contributed by atoms with van der Waals surface area (Å²) in [6.07, 6.45) is 3.58. The summed E-state index contributed by atoms with van der Waals surface area (Å²) in [7, 11) is 1.66. The fourth-order valence-corrected chi connectivity index (χ4v) is 4.69. The van der Waals surface area contributed by atoms with E-state index < -0.39 is 0 Å². The first-order valence-electron chi connectivity index (χ1n) is 9.48. The molecular weight excluding hydrogens is 392 g/mol. The molecule has 5 aromatic rings. The minimum atomic E-state index is 0.519. The quantitative estimate of drug-likeness (QED) is 0.361. The Balaban J connectivity index is 1.65. The van der Waals surface area contributed by atoms with Crippen LogP contribution in [0.3, 0.4) is 0 Å². The normalized spacial score (nSPS) is 11.0. The highest BCUT2D eigenvalue weighted by Crippen LogP contribution is 2.39. The molecule has 0 amide bonds. The third kappa shape index (κ3) is 2.97. The molecule has 2 aromatic carbocycles. The van der Waals surface area contributed by atoms with E-state index in [0.29, 0.717) is 5.56 Å². The van der Waals surface area contributed by atoms with Gasteiger partial charge in [-0.2, -0.15) is 5.26 Å². The second-order valence-electron chi connectivity index (χ2n) is 7.02. The number of ether oxygens (including phenoxy) is 1. The summed E-state index contributed by atoms with van der Waals surface area (Å²) >= 11 is 1.60.